The zero-order valence-corrected chi connectivity index (χ0v) is 12.2. The fourth-order valence-electron chi connectivity index (χ4n) is 1.81. The molecule has 0 aliphatic rings. The normalized spacial score (nSPS) is 11.2. The molecule has 0 fully saturated rings. The van der Waals surface area contributed by atoms with Gasteiger partial charge >= 0.3 is 5.88 Å². The maximum Gasteiger partial charge on any atom is 0.433 e. The summed E-state index contributed by atoms with van der Waals surface area (Å²) in [5.74, 6) is -0.209. The highest BCUT2D eigenvalue weighted by atomic mass is 32.1. The third-order valence-electron chi connectivity index (χ3n) is 2.85. The Kier molecular flexibility index (Phi) is 3.81. The third kappa shape index (κ3) is 3.06. The Morgan fingerprint density at radius 2 is 2.09 bits per heavy atom. The van der Waals surface area contributed by atoms with E-state index >= 15 is 0 Å². The van der Waals surface area contributed by atoms with E-state index in [0.717, 1.165) is 0 Å². The highest BCUT2D eigenvalue weighted by molar-refractivity contribution is 7.71. The Bertz CT molecular complexity index is 941. The van der Waals surface area contributed by atoms with Crippen molar-refractivity contribution >= 4 is 24.3 Å². The highest BCUT2D eigenvalue weighted by Gasteiger charge is 2.11. The number of hydrogen-bond donors (Lipinski definition) is 1. The lowest BCUT2D eigenvalue weighted by Gasteiger charge is -2.00. The van der Waals surface area contributed by atoms with Crippen molar-refractivity contribution < 1.29 is 13.7 Å². The number of H-pyrrole nitrogens is 1. The summed E-state index contributed by atoms with van der Waals surface area (Å²) >= 11 is 5.08. The quantitative estimate of drug-likeness (QED) is 0.342. The van der Waals surface area contributed by atoms with E-state index in [1.54, 1.807) is 0 Å². The molecule has 116 valence electrons. The highest BCUT2D eigenvalue weighted by Crippen LogP contribution is 2.18. The molecule has 0 atom stereocenters. The van der Waals surface area contributed by atoms with Crippen LogP contribution in [0.4, 0.5) is 10.3 Å². The second kappa shape index (κ2) is 5.93. The smallest absolute Gasteiger partial charge is 0.400 e. The standard InChI is InChI=1S/C13H8FN5O3S/c14-9-3-1-8(2-4-9)12-16-17-13(23)18(12)15-7-10-5-6-11(22-10)19(20)21/h1-7H,(H,17,23)/b15-7-. The molecule has 0 saturated carbocycles. The molecule has 2 aromatic heterocycles. The Balaban J connectivity index is 1.95. The fraction of sp³-hybridized carbons (Fsp3) is 0. The van der Waals surface area contributed by atoms with Gasteiger partial charge in [-0.05, 0) is 42.5 Å². The van der Waals surface area contributed by atoms with Gasteiger partial charge < -0.3 is 4.42 Å². The summed E-state index contributed by atoms with van der Waals surface area (Å²) in [6, 6.07) is 8.27. The molecule has 0 amide bonds. The summed E-state index contributed by atoms with van der Waals surface area (Å²) < 4.78 is 19.5. The van der Waals surface area contributed by atoms with E-state index in [1.165, 1.54) is 47.3 Å². The number of nitro groups is 1. The molecule has 1 N–H and O–H groups in total. The maximum absolute atomic E-state index is 13.0. The molecule has 10 heteroatoms. The monoisotopic (exact) mass is 333 g/mol. The van der Waals surface area contributed by atoms with Crippen LogP contribution in [0.25, 0.3) is 11.4 Å². The largest absolute Gasteiger partial charge is 0.433 e. The van der Waals surface area contributed by atoms with Gasteiger partial charge in [0, 0.05) is 5.56 Å². The van der Waals surface area contributed by atoms with Gasteiger partial charge in [-0.3, -0.25) is 10.1 Å². The van der Waals surface area contributed by atoms with Crippen molar-refractivity contribution in [2.24, 2.45) is 5.10 Å². The molecule has 3 aromatic rings. The number of hydrogen-bond acceptors (Lipinski definition) is 6. The third-order valence-corrected chi connectivity index (χ3v) is 3.11. The molecule has 0 radical (unpaired) electrons. The van der Waals surface area contributed by atoms with Crippen LogP contribution in [0.5, 0.6) is 0 Å². The number of benzene rings is 1. The van der Waals surface area contributed by atoms with Crippen molar-refractivity contribution in [1.29, 1.82) is 0 Å². The first-order valence-electron chi connectivity index (χ1n) is 6.26. The second-order valence-corrected chi connectivity index (χ2v) is 4.74. The first-order chi connectivity index (χ1) is 11.0. The van der Waals surface area contributed by atoms with Crippen LogP contribution >= 0.6 is 12.2 Å². The Hall–Kier alpha value is -3.14. The molecule has 0 unspecified atom stereocenters. The minimum Gasteiger partial charge on any atom is -0.400 e. The van der Waals surface area contributed by atoms with E-state index in [4.69, 9.17) is 16.6 Å². The lowest BCUT2D eigenvalue weighted by atomic mass is 10.2. The van der Waals surface area contributed by atoms with Gasteiger partial charge in [0.25, 0.3) is 0 Å². The molecular formula is C13H8FN5O3S. The van der Waals surface area contributed by atoms with Crippen LogP contribution in [0.1, 0.15) is 5.76 Å². The summed E-state index contributed by atoms with van der Waals surface area (Å²) in [4.78, 5) is 9.92. The molecule has 23 heavy (non-hydrogen) atoms. The summed E-state index contributed by atoms with van der Waals surface area (Å²) in [6.45, 7) is 0. The number of aromatic amines is 1. The van der Waals surface area contributed by atoms with Crippen LogP contribution in [-0.2, 0) is 0 Å². The SMILES string of the molecule is O=[N+]([O-])c1ccc(/C=N\n2c(-c3ccc(F)cc3)n[nH]c2=S)o1. The molecule has 0 bridgehead atoms. The van der Waals surface area contributed by atoms with Crippen molar-refractivity contribution in [2.75, 3.05) is 0 Å². The average molecular weight is 333 g/mol. The van der Waals surface area contributed by atoms with E-state index in [2.05, 4.69) is 15.3 Å². The van der Waals surface area contributed by atoms with Crippen molar-refractivity contribution in [1.82, 2.24) is 14.9 Å². The first-order valence-corrected chi connectivity index (χ1v) is 6.67. The van der Waals surface area contributed by atoms with Gasteiger partial charge in [-0.1, -0.05) is 0 Å². The van der Waals surface area contributed by atoms with Crippen LogP contribution in [0, 0.1) is 20.7 Å². The molecule has 3 rings (SSSR count). The van der Waals surface area contributed by atoms with E-state index in [1.807, 2.05) is 0 Å². The summed E-state index contributed by atoms with van der Waals surface area (Å²) in [7, 11) is 0. The molecule has 8 nitrogen and oxygen atoms in total. The topological polar surface area (TPSA) is 102 Å². The molecule has 1 aromatic carbocycles. The molecule has 0 spiro atoms. The molecular weight excluding hydrogens is 325 g/mol. The van der Waals surface area contributed by atoms with Crippen molar-refractivity contribution in [2.45, 2.75) is 0 Å². The van der Waals surface area contributed by atoms with Crippen molar-refractivity contribution in [3.8, 4) is 11.4 Å². The maximum atomic E-state index is 13.0. The Labute approximate surface area is 133 Å². The van der Waals surface area contributed by atoms with Gasteiger partial charge in [0.2, 0.25) is 4.77 Å². The van der Waals surface area contributed by atoms with Crippen LogP contribution in [0.15, 0.2) is 45.9 Å². The van der Waals surface area contributed by atoms with Crippen molar-refractivity contribution in [3.05, 3.63) is 62.9 Å². The van der Waals surface area contributed by atoms with Gasteiger partial charge in [-0.25, -0.2) is 9.49 Å². The van der Waals surface area contributed by atoms with Gasteiger partial charge in [-0.15, -0.1) is 0 Å². The molecule has 0 saturated heterocycles. The van der Waals surface area contributed by atoms with Crippen LogP contribution in [0.3, 0.4) is 0 Å². The summed E-state index contributed by atoms with van der Waals surface area (Å²) in [5.41, 5.74) is 0.598. The Morgan fingerprint density at radius 3 is 2.74 bits per heavy atom. The van der Waals surface area contributed by atoms with E-state index < -0.39 is 4.92 Å². The number of nitrogens with one attached hydrogen (secondary N) is 1. The average Bonchev–Trinajstić information content (AvgIpc) is 3.13. The van der Waals surface area contributed by atoms with Crippen molar-refractivity contribution in [3.63, 3.8) is 0 Å². The van der Waals surface area contributed by atoms with Gasteiger partial charge in [-0.2, -0.15) is 14.9 Å². The number of aromatic nitrogens is 3. The molecule has 2 heterocycles. The van der Waals surface area contributed by atoms with Crippen LogP contribution < -0.4 is 0 Å². The van der Waals surface area contributed by atoms with Crippen LogP contribution in [0.2, 0.25) is 0 Å². The zero-order chi connectivity index (χ0) is 16.4. The fourth-order valence-corrected chi connectivity index (χ4v) is 1.99. The predicted molar refractivity (Wildman–Crippen MR) is 81.2 cm³/mol. The summed E-state index contributed by atoms with van der Waals surface area (Å²) in [6.07, 6.45) is 1.27. The molecule has 0 aliphatic heterocycles. The minimum absolute atomic E-state index is 0.185. The summed E-state index contributed by atoms with van der Waals surface area (Å²) in [5, 5.41) is 21.3. The van der Waals surface area contributed by atoms with Crippen LogP contribution in [-0.4, -0.2) is 26.0 Å². The lowest BCUT2D eigenvalue weighted by molar-refractivity contribution is -0.402. The van der Waals surface area contributed by atoms with E-state index in [0.29, 0.717) is 11.4 Å². The van der Waals surface area contributed by atoms with E-state index in [-0.39, 0.29) is 22.2 Å². The van der Waals surface area contributed by atoms with Gasteiger partial charge in [0.15, 0.2) is 11.6 Å². The lowest BCUT2D eigenvalue weighted by Crippen LogP contribution is -1.94. The zero-order valence-electron chi connectivity index (χ0n) is 11.3. The molecule has 0 aliphatic carbocycles. The minimum atomic E-state index is -0.648. The first kappa shape index (κ1) is 14.8. The number of nitrogens with zero attached hydrogens (tertiary/aromatic N) is 4. The predicted octanol–water partition coefficient (Wildman–Crippen LogP) is 3.13. The van der Waals surface area contributed by atoms with Gasteiger partial charge in [0.05, 0.1) is 12.3 Å². The van der Waals surface area contributed by atoms with E-state index in [9.17, 15) is 14.5 Å². The number of rotatable bonds is 4. The second-order valence-electron chi connectivity index (χ2n) is 4.35. The van der Waals surface area contributed by atoms with Gasteiger partial charge in [0.1, 0.15) is 10.7 Å². The number of halogens is 1. The Morgan fingerprint density at radius 1 is 1.35 bits per heavy atom. The number of furan rings is 1.